The summed E-state index contributed by atoms with van der Waals surface area (Å²) in [5, 5.41) is 10.8. The third-order valence-corrected chi connectivity index (χ3v) is 6.30. The first kappa shape index (κ1) is 17.3. The number of rotatable bonds is 5. The van der Waals surface area contributed by atoms with E-state index in [1.807, 2.05) is 0 Å². The van der Waals surface area contributed by atoms with E-state index < -0.39 is 0 Å². The molecule has 138 valence electrons. The van der Waals surface area contributed by atoms with Crippen LogP contribution in [0.3, 0.4) is 0 Å². The molecular formula is C21H31NO3. The zero-order chi connectivity index (χ0) is 17.1. The summed E-state index contributed by atoms with van der Waals surface area (Å²) in [6.07, 6.45) is 8.12. The highest BCUT2D eigenvalue weighted by Gasteiger charge is 2.42. The van der Waals surface area contributed by atoms with Gasteiger partial charge in [-0.25, -0.2) is 0 Å². The fraction of sp³-hybridized carbons (Fsp3) is 0.714. The molecule has 3 atom stereocenters. The normalized spacial score (nSPS) is 33.2. The van der Waals surface area contributed by atoms with Crippen LogP contribution in [0.2, 0.25) is 0 Å². The van der Waals surface area contributed by atoms with Gasteiger partial charge in [-0.2, -0.15) is 0 Å². The van der Waals surface area contributed by atoms with Gasteiger partial charge in [0.25, 0.3) is 0 Å². The van der Waals surface area contributed by atoms with Gasteiger partial charge in [0.15, 0.2) is 0 Å². The van der Waals surface area contributed by atoms with Crippen molar-refractivity contribution in [2.45, 2.75) is 63.2 Å². The number of benzene rings is 1. The molecule has 0 bridgehead atoms. The van der Waals surface area contributed by atoms with Crippen molar-refractivity contribution in [3.63, 3.8) is 0 Å². The lowest BCUT2D eigenvalue weighted by molar-refractivity contribution is -0.0967. The third-order valence-electron chi connectivity index (χ3n) is 6.30. The van der Waals surface area contributed by atoms with E-state index in [4.69, 9.17) is 9.47 Å². The monoisotopic (exact) mass is 345 g/mol. The van der Waals surface area contributed by atoms with Gasteiger partial charge in [-0.15, -0.1) is 0 Å². The quantitative estimate of drug-likeness (QED) is 0.888. The van der Waals surface area contributed by atoms with Gasteiger partial charge in [-0.3, -0.25) is 4.90 Å². The van der Waals surface area contributed by atoms with E-state index in [1.54, 1.807) is 0 Å². The first-order chi connectivity index (χ1) is 12.2. The van der Waals surface area contributed by atoms with Gasteiger partial charge in [0.1, 0.15) is 12.4 Å². The van der Waals surface area contributed by atoms with Crippen molar-refractivity contribution in [2.75, 3.05) is 26.3 Å². The fourth-order valence-electron chi connectivity index (χ4n) is 4.70. The Morgan fingerprint density at radius 3 is 2.80 bits per heavy atom. The summed E-state index contributed by atoms with van der Waals surface area (Å²) in [5.41, 5.74) is 0.945. The van der Waals surface area contributed by atoms with Gasteiger partial charge < -0.3 is 14.6 Å². The third kappa shape index (κ3) is 4.18. The van der Waals surface area contributed by atoms with Crippen LogP contribution in [0.25, 0.3) is 0 Å². The van der Waals surface area contributed by atoms with Gasteiger partial charge >= 0.3 is 0 Å². The number of hydrogen-bond donors (Lipinski definition) is 1. The molecule has 1 aromatic carbocycles. The van der Waals surface area contributed by atoms with Gasteiger partial charge in [-0.1, -0.05) is 25.0 Å². The maximum Gasteiger partial charge on any atom is 0.119 e. The van der Waals surface area contributed by atoms with Gasteiger partial charge in [0.2, 0.25) is 0 Å². The van der Waals surface area contributed by atoms with E-state index in [2.05, 4.69) is 29.2 Å². The van der Waals surface area contributed by atoms with Gasteiger partial charge in [0.05, 0.1) is 11.7 Å². The van der Waals surface area contributed by atoms with Crippen molar-refractivity contribution < 1.29 is 14.6 Å². The van der Waals surface area contributed by atoms with Crippen LogP contribution < -0.4 is 4.74 Å². The van der Waals surface area contributed by atoms with E-state index in [9.17, 15) is 5.11 Å². The zero-order valence-corrected chi connectivity index (χ0v) is 15.2. The van der Waals surface area contributed by atoms with Crippen molar-refractivity contribution in [3.05, 3.63) is 29.8 Å². The number of ether oxygens (including phenoxy) is 2. The summed E-state index contributed by atoms with van der Waals surface area (Å²) in [7, 11) is 0. The molecule has 1 aliphatic carbocycles. The van der Waals surface area contributed by atoms with E-state index in [1.165, 1.54) is 24.8 Å². The van der Waals surface area contributed by atoms with Gasteiger partial charge in [0, 0.05) is 32.2 Å². The molecule has 0 amide bonds. The lowest BCUT2D eigenvalue weighted by atomic mass is 9.71. The average molecular weight is 345 g/mol. The first-order valence-corrected chi connectivity index (χ1v) is 9.99. The average Bonchev–Trinajstić information content (AvgIpc) is 3.15. The largest absolute Gasteiger partial charge is 0.491 e. The fourth-order valence-corrected chi connectivity index (χ4v) is 4.70. The maximum atomic E-state index is 10.8. The summed E-state index contributed by atoms with van der Waals surface area (Å²) in [6.45, 7) is 4.54. The zero-order valence-electron chi connectivity index (χ0n) is 15.2. The number of piperidine rings is 1. The summed E-state index contributed by atoms with van der Waals surface area (Å²) in [6, 6.07) is 8.50. The number of hydrogen-bond acceptors (Lipinski definition) is 4. The predicted octanol–water partition coefficient (Wildman–Crippen LogP) is 3.37. The molecule has 1 aromatic rings. The van der Waals surface area contributed by atoms with Gasteiger partial charge in [-0.05, 0) is 49.8 Å². The minimum atomic E-state index is -0.380. The Bertz CT molecular complexity index is 555. The van der Waals surface area contributed by atoms with Crippen LogP contribution in [0.1, 0.15) is 50.5 Å². The Hall–Kier alpha value is -1.10. The molecule has 25 heavy (non-hydrogen) atoms. The lowest BCUT2D eigenvalue weighted by Gasteiger charge is -2.47. The number of fused-ring (bicyclic) bond motifs is 1. The summed E-state index contributed by atoms with van der Waals surface area (Å²) in [4.78, 5) is 2.51. The molecule has 4 nitrogen and oxygen atoms in total. The van der Waals surface area contributed by atoms with Crippen molar-refractivity contribution in [1.82, 2.24) is 4.90 Å². The topological polar surface area (TPSA) is 41.9 Å². The molecule has 0 aromatic heterocycles. The summed E-state index contributed by atoms with van der Waals surface area (Å²) < 4.78 is 11.4. The van der Waals surface area contributed by atoms with Crippen LogP contribution in [0.4, 0.5) is 0 Å². The van der Waals surface area contributed by atoms with Crippen LogP contribution in [-0.2, 0) is 11.3 Å². The smallest absolute Gasteiger partial charge is 0.119 e. The number of likely N-dealkylation sites (tertiary alicyclic amines) is 1. The van der Waals surface area contributed by atoms with Crippen LogP contribution in [-0.4, -0.2) is 48.0 Å². The Kier molecular flexibility index (Phi) is 5.30. The minimum Gasteiger partial charge on any atom is -0.491 e. The van der Waals surface area contributed by atoms with Crippen molar-refractivity contribution in [2.24, 2.45) is 5.92 Å². The highest BCUT2D eigenvalue weighted by atomic mass is 16.5. The van der Waals surface area contributed by atoms with Crippen LogP contribution >= 0.6 is 0 Å². The van der Waals surface area contributed by atoms with E-state index in [0.717, 1.165) is 57.7 Å². The van der Waals surface area contributed by atoms with Crippen LogP contribution in [0.15, 0.2) is 24.3 Å². The molecule has 2 heterocycles. The molecule has 2 saturated heterocycles. The highest BCUT2D eigenvalue weighted by molar-refractivity contribution is 5.27. The Balaban J connectivity index is 1.28. The SMILES string of the molecule is OC12CCCCC1CN(Cc1ccc(OCC3CCCO3)cc1)CC2. The lowest BCUT2D eigenvalue weighted by Crippen LogP contribution is -2.52. The van der Waals surface area contributed by atoms with E-state index in [-0.39, 0.29) is 11.7 Å². The second-order valence-corrected chi connectivity index (χ2v) is 8.12. The Morgan fingerprint density at radius 2 is 2.00 bits per heavy atom. The minimum absolute atomic E-state index is 0.266. The second-order valence-electron chi connectivity index (χ2n) is 8.12. The Labute approximate surface area is 151 Å². The second kappa shape index (κ2) is 7.65. The number of aliphatic hydroxyl groups is 1. The van der Waals surface area contributed by atoms with Crippen molar-refractivity contribution in [1.29, 1.82) is 0 Å². The van der Waals surface area contributed by atoms with E-state index in [0.29, 0.717) is 12.5 Å². The molecule has 4 rings (SSSR count). The summed E-state index contributed by atoms with van der Waals surface area (Å²) in [5.74, 6) is 1.39. The molecule has 2 aliphatic heterocycles. The molecule has 1 N–H and O–H groups in total. The maximum absolute atomic E-state index is 10.8. The highest BCUT2D eigenvalue weighted by Crippen LogP contribution is 2.40. The predicted molar refractivity (Wildman–Crippen MR) is 97.7 cm³/mol. The molecule has 3 fully saturated rings. The molecule has 1 saturated carbocycles. The molecule has 4 heteroatoms. The van der Waals surface area contributed by atoms with E-state index >= 15 is 0 Å². The standard InChI is InChI=1S/C21H31NO3/c23-21-10-2-1-4-18(21)15-22(12-11-21)14-17-6-8-19(9-7-17)25-16-20-5-3-13-24-20/h6-9,18,20,23H,1-5,10-16H2. The Morgan fingerprint density at radius 1 is 1.12 bits per heavy atom. The van der Waals surface area contributed by atoms with Crippen molar-refractivity contribution >= 4 is 0 Å². The molecule has 0 radical (unpaired) electrons. The molecule has 3 aliphatic rings. The van der Waals surface area contributed by atoms with Crippen LogP contribution in [0, 0.1) is 5.92 Å². The van der Waals surface area contributed by atoms with Crippen LogP contribution in [0.5, 0.6) is 5.75 Å². The summed E-state index contributed by atoms with van der Waals surface area (Å²) >= 11 is 0. The van der Waals surface area contributed by atoms with Crippen molar-refractivity contribution in [3.8, 4) is 5.75 Å². The first-order valence-electron chi connectivity index (χ1n) is 9.99. The molecule has 3 unspecified atom stereocenters. The molecule has 0 spiro atoms. The number of nitrogens with zero attached hydrogens (tertiary/aromatic N) is 1. The molecular weight excluding hydrogens is 314 g/mol.